The van der Waals surface area contributed by atoms with Crippen LogP contribution in [-0.4, -0.2) is 88.8 Å². The number of nitrogens with one attached hydrogen (secondary N) is 2. The second-order valence-electron chi connectivity index (χ2n) is 13.5. The van der Waals surface area contributed by atoms with E-state index in [1.807, 2.05) is 0 Å². The highest BCUT2D eigenvalue weighted by molar-refractivity contribution is 5.95. The van der Waals surface area contributed by atoms with Crippen molar-refractivity contribution in [3.8, 4) is 0 Å². The van der Waals surface area contributed by atoms with Crippen LogP contribution in [0.1, 0.15) is 110 Å². The van der Waals surface area contributed by atoms with Gasteiger partial charge in [-0.25, -0.2) is 9.48 Å². The zero-order valence-electron chi connectivity index (χ0n) is 25.4. The summed E-state index contributed by atoms with van der Waals surface area (Å²) >= 11 is 0. The van der Waals surface area contributed by atoms with Crippen LogP contribution in [0.25, 0.3) is 0 Å². The van der Waals surface area contributed by atoms with Gasteiger partial charge in [-0.3, -0.25) is 14.4 Å². The largest absolute Gasteiger partial charge is 0.465 e. The molecule has 3 fully saturated rings. The minimum atomic E-state index is -1.61. The molecule has 14 nitrogen and oxygen atoms in total. The van der Waals surface area contributed by atoms with Crippen molar-refractivity contribution in [1.29, 1.82) is 0 Å². The van der Waals surface area contributed by atoms with Gasteiger partial charge in [0.05, 0.1) is 23.5 Å². The number of likely N-dealkylation sites (tertiary alicyclic amines) is 1. The predicted octanol–water partition coefficient (Wildman–Crippen LogP) is 1.31. The third-order valence-electron chi connectivity index (χ3n) is 9.58. The molecular weight excluding hydrogens is 558 g/mol. The zero-order valence-corrected chi connectivity index (χ0v) is 25.4. The van der Waals surface area contributed by atoms with Crippen molar-refractivity contribution < 1.29 is 34.5 Å². The molecule has 43 heavy (non-hydrogen) atoms. The first-order valence-electron chi connectivity index (χ1n) is 15.4. The van der Waals surface area contributed by atoms with Gasteiger partial charge in [0.15, 0.2) is 6.10 Å². The molecule has 4 atom stereocenters. The smallest absolute Gasteiger partial charge is 0.405 e. The second-order valence-corrected chi connectivity index (χ2v) is 13.5. The van der Waals surface area contributed by atoms with E-state index < -0.39 is 58.7 Å². The summed E-state index contributed by atoms with van der Waals surface area (Å²) in [7, 11) is 0. The van der Waals surface area contributed by atoms with E-state index in [0.717, 1.165) is 38.5 Å². The SMILES string of the molecule is CC(CC1CCCCC1)(NC(=O)O)C(=O)N1C[C@@H](n2nncc2C(C)(C)O)C[C@H]1C(=O)NC1(C(O)C(N)=O)CCCCC1. The average molecular weight is 606 g/mol. The van der Waals surface area contributed by atoms with Crippen molar-refractivity contribution in [1.82, 2.24) is 30.5 Å². The van der Waals surface area contributed by atoms with Gasteiger partial charge in [0.2, 0.25) is 17.7 Å². The summed E-state index contributed by atoms with van der Waals surface area (Å²) in [5.74, 6) is -1.91. The highest BCUT2D eigenvalue weighted by atomic mass is 16.4. The lowest BCUT2D eigenvalue weighted by molar-refractivity contribution is -0.146. The van der Waals surface area contributed by atoms with E-state index in [-0.39, 0.29) is 25.3 Å². The molecule has 2 heterocycles. The van der Waals surface area contributed by atoms with Crippen LogP contribution in [0.2, 0.25) is 0 Å². The number of rotatable bonds is 10. The normalized spacial score (nSPS) is 25.0. The second kappa shape index (κ2) is 12.8. The van der Waals surface area contributed by atoms with E-state index in [9.17, 15) is 34.5 Å². The summed E-state index contributed by atoms with van der Waals surface area (Å²) in [6.45, 7) is 4.74. The van der Waals surface area contributed by atoms with Crippen LogP contribution in [0.3, 0.4) is 0 Å². The number of hydrogen-bond donors (Lipinski definition) is 6. The Balaban J connectivity index is 1.70. The van der Waals surface area contributed by atoms with E-state index in [1.54, 1.807) is 20.8 Å². The zero-order chi connectivity index (χ0) is 31.6. The quantitative estimate of drug-likeness (QED) is 0.226. The van der Waals surface area contributed by atoms with Crippen LogP contribution in [-0.2, 0) is 20.0 Å². The number of aliphatic hydroxyl groups excluding tert-OH is 1. The molecule has 0 aromatic carbocycles. The van der Waals surface area contributed by atoms with Gasteiger partial charge in [0.25, 0.3) is 0 Å². The number of primary amides is 1. The number of aliphatic hydroxyl groups is 2. The monoisotopic (exact) mass is 605 g/mol. The minimum Gasteiger partial charge on any atom is -0.465 e. The van der Waals surface area contributed by atoms with Gasteiger partial charge in [-0.2, -0.15) is 0 Å². The number of aromatic nitrogens is 3. The number of nitrogens with two attached hydrogens (primary N) is 1. The van der Waals surface area contributed by atoms with Gasteiger partial charge < -0.3 is 36.6 Å². The highest BCUT2D eigenvalue weighted by Crippen LogP contribution is 2.37. The van der Waals surface area contributed by atoms with Crippen LogP contribution < -0.4 is 16.4 Å². The van der Waals surface area contributed by atoms with Gasteiger partial charge in [0, 0.05) is 13.0 Å². The van der Waals surface area contributed by atoms with Gasteiger partial charge in [-0.1, -0.05) is 56.6 Å². The molecule has 0 spiro atoms. The molecule has 4 rings (SSSR count). The van der Waals surface area contributed by atoms with E-state index in [0.29, 0.717) is 31.4 Å². The molecule has 0 radical (unpaired) electrons. The summed E-state index contributed by atoms with van der Waals surface area (Å²) in [4.78, 5) is 53.9. The Hall–Kier alpha value is -3.26. The molecule has 1 aromatic heterocycles. The predicted molar refractivity (Wildman–Crippen MR) is 154 cm³/mol. The molecule has 240 valence electrons. The van der Waals surface area contributed by atoms with Crippen LogP contribution in [0.5, 0.6) is 0 Å². The molecule has 0 bridgehead atoms. The molecule has 2 unspecified atom stereocenters. The van der Waals surface area contributed by atoms with Gasteiger partial charge >= 0.3 is 6.09 Å². The van der Waals surface area contributed by atoms with Crippen LogP contribution in [0.4, 0.5) is 4.79 Å². The Bertz CT molecular complexity index is 1190. The summed E-state index contributed by atoms with van der Waals surface area (Å²) in [5, 5.41) is 44.8. The third kappa shape index (κ3) is 7.11. The maximum Gasteiger partial charge on any atom is 0.405 e. The molecule has 3 aliphatic rings. The fourth-order valence-corrected chi connectivity index (χ4v) is 7.38. The van der Waals surface area contributed by atoms with E-state index in [1.165, 1.54) is 15.8 Å². The summed E-state index contributed by atoms with van der Waals surface area (Å²) in [6, 6.07) is -1.63. The third-order valence-corrected chi connectivity index (χ3v) is 9.58. The van der Waals surface area contributed by atoms with Crippen LogP contribution >= 0.6 is 0 Å². The van der Waals surface area contributed by atoms with Crippen molar-refractivity contribution >= 4 is 23.8 Å². The first-order chi connectivity index (χ1) is 20.2. The number of carbonyl (C=O) groups excluding carboxylic acids is 3. The summed E-state index contributed by atoms with van der Waals surface area (Å²) in [5.41, 5.74) is 1.79. The summed E-state index contributed by atoms with van der Waals surface area (Å²) < 4.78 is 1.51. The molecule has 1 aliphatic heterocycles. The lowest BCUT2D eigenvalue weighted by atomic mass is 9.77. The van der Waals surface area contributed by atoms with Gasteiger partial charge in [0.1, 0.15) is 17.2 Å². The number of carboxylic acid groups (broad SMARTS) is 1. The molecule has 2 aliphatic carbocycles. The topological polar surface area (TPSA) is 213 Å². The van der Waals surface area contributed by atoms with Gasteiger partial charge in [-0.05, 0) is 46.0 Å². The van der Waals surface area contributed by atoms with Crippen molar-refractivity contribution in [2.24, 2.45) is 11.7 Å². The first kappa shape index (κ1) is 32.6. The van der Waals surface area contributed by atoms with E-state index in [2.05, 4.69) is 20.9 Å². The number of hydrogen-bond acceptors (Lipinski definition) is 8. The maximum atomic E-state index is 14.4. The Labute approximate surface area is 251 Å². The number of carbonyl (C=O) groups is 4. The molecular formula is C29H47N7O7. The molecule has 1 aromatic rings. The van der Waals surface area contributed by atoms with Crippen molar-refractivity contribution in [2.75, 3.05) is 6.54 Å². The maximum absolute atomic E-state index is 14.4. The molecule has 7 N–H and O–H groups in total. The van der Waals surface area contributed by atoms with Gasteiger partial charge in [-0.15, -0.1) is 5.10 Å². The highest BCUT2D eigenvalue weighted by Gasteiger charge is 2.51. The lowest BCUT2D eigenvalue weighted by Crippen LogP contribution is -2.65. The lowest BCUT2D eigenvalue weighted by Gasteiger charge is -2.42. The standard InChI is InChI=1S/C29H47N7O7/c1-27(2,43)21-16-31-34-36(21)19-14-20(24(39)32-29(22(37)23(30)38)12-8-5-9-13-29)35(17-19)25(40)28(3,33-26(41)42)15-18-10-6-4-7-11-18/h16,18-20,22,33,37,43H,4-15,17H2,1-3H3,(H2,30,38)(H,32,39)(H,41,42)/t19-,20-,22?,28?/m0/s1. The van der Waals surface area contributed by atoms with Crippen molar-refractivity contribution in [3.63, 3.8) is 0 Å². The number of nitrogens with zero attached hydrogens (tertiary/aromatic N) is 4. The molecule has 4 amide bonds. The fourth-order valence-electron chi connectivity index (χ4n) is 7.38. The fraction of sp³-hybridized carbons (Fsp3) is 0.793. The molecule has 14 heteroatoms. The average Bonchev–Trinajstić information content (AvgIpc) is 3.61. The Morgan fingerprint density at radius 3 is 2.30 bits per heavy atom. The van der Waals surface area contributed by atoms with Crippen LogP contribution in [0, 0.1) is 5.92 Å². The molecule has 2 saturated carbocycles. The minimum absolute atomic E-state index is 0.0102. The Kier molecular flexibility index (Phi) is 9.69. The molecule has 1 saturated heterocycles. The first-order valence-corrected chi connectivity index (χ1v) is 15.4. The van der Waals surface area contributed by atoms with Crippen molar-refractivity contribution in [2.45, 2.75) is 133 Å². The summed E-state index contributed by atoms with van der Waals surface area (Å²) in [6.07, 6.45) is 6.69. The Morgan fingerprint density at radius 2 is 1.72 bits per heavy atom. The van der Waals surface area contributed by atoms with E-state index in [4.69, 9.17) is 5.73 Å². The van der Waals surface area contributed by atoms with Crippen molar-refractivity contribution in [3.05, 3.63) is 11.9 Å². The van der Waals surface area contributed by atoms with E-state index >= 15 is 0 Å². The number of amides is 4. The Morgan fingerprint density at radius 1 is 1.09 bits per heavy atom. The van der Waals surface area contributed by atoms with Crippen LogP contribution in [0.15, 0.2) is 6.20 Å².